The number of nitrogen functional groups attached to an aromatic ring is 1. The molecule has 138 valence electrons. The predicted octanol–water partition coefficient (Wildman–Crippen LogP) is 3.25. The van der Waals surface area contributed by atoms with Gasteiger partial charge in [-0.1, -0.05) is 37.1 Å². The molecule has 1 saturated carbocycles. The lowest BCUT2D eigenvalue weighted by Gasteiger charge is -2.22. The number of hydrogen-bond acceptors (Lipinski definition) is 5. The van der Waals surface area contributed by atoms with Gasteiger partial charge in [0.05, 0.1) is 5.75 Å². The topological polar surface area (TPSA) is 85.8 Å². The highest BCUT2D eigenvalue weighted by Gasteiger charge is 2.18. The fraction of sp³-hybridized carbons (Fsp3) is 0.421. The van der Waals surface area contributed by atoms with Crippen LogP contribution in [0.1, 0.15) is 32.1 Å². The number of nitrogens with zero attached hydrogens (tertiary/aromatic N) is 3. The number of rotatable bonds is 7. The second-order valence-electron chi connectivity index (χ2n) is 6.52. The summed E-state index contributed by atoms with van der Waals surface area (Å²) in [4.78, 5) is 12.2. The van der Waals surface area contributed by atoms with Gasteiger partial charge in [0.15, 0.2) is 11.0 Å². The van der Waals surface area contributed by atoms with Crippen LogP contribution in [0.4, 0.5) is 5.69 Å². The van der Waals surface area contributed by atoms with E-state index >= 15 is 0 Å². The van der Waals surface area contributed by atoms with Gasteiger partial charge in [-0.25, -0.2) is 0 Å². The predicted molar refractivity (Wildman–Crippen MR) is 106 cm³/mol. The van der Waals surface area contributed by atoms with Gasteiger partial charge in [0, 0.05) is 23.8 Å². The van der Waals surface area contributed by atoms with Gasteiger partial charge < -0.3 is 11.1 Å². The minimum absolute atomic E-state index is 0.0593. The normalized spacial score (nSPS) is 14.9. The van der Waals surface area contributed by atoms with Crippen LogP contribution in [0.15, 0.2) is 42.1 Å². The highest BCUT2D eigenvalue weighted by Crippen LogP contribution is 2.25. The molecule has 1 fully saturated rings. The minimum atomic E-state index is 0.0593. The first-order chi connectivity index (χ1) is 12.7. The van der Waals surface area contributed by atoms with E-state index in [1.807, 2.05) is 28.8 Å². The van der Waals surface area contributed by atoms with Gasteiger partial charge >= 0.3 is 0 Å². The van der Waals surface area contributed by atoms with Crippen LogP contribution < -0.4 is 11.1 Å². The number of amides is 1. The number of hydrogen-bond donors (Lipinski definition) is 2. The van der Waals surface area contributed by atoms with Gasteiger partial charge in [-0.05, 0) is 37.1 Å². The average Bonchev–Trinajstić information content (AvgIpc) is 3.05. The van der Waals surface area contributed by atoms with Crippen molar-refractivity contribution in [1.29, 1.82) is 0 Å². The third-order valence-corrected chi connectivity index (χ3v) is 5.47. The zero-order valence-electron chi connectivity index (χ0n) is 14.9. The molecule has 0 saturated heterocycles. The summed E-state index contributed by atoms with van der Waals surface area (Å²) in [7, 11) is 0. The van der Waals surface area contributed by atoms with E-state index in [1.54, 1.807) is 6.08 Å². The second-order valence-corrected chi connectivity index (χ2v) is 7.46. The molecule has 0 spiro atoms. The Balaban J connectivity index is 1.66. The maximum atomic E-state index is 12.2. The highest BCUT2D eigenvalue weighted by atomic mass is 32.2. The SMILES string of the molecule is C=CCn1c(SCC(=O)NC2CCCCC2)nnc1-c1ccc(N)cc1. The van der Waals surface area contributed by atoms with Gasteiger partial charge in [-0.2, -0.15) is 0 Å². The highest BCUT2D eigenvalue weighted by molar-refractivity contribution is 7.99. The number of carbonyl (C=O) groups is 1. The van der Waals surface area contributed by atoms with E-state index in [0.717, 1.165) is 29.4 Å². The van der Waals surface area contributed by atoms with Gasteiger partial charge in [0.2, 0.25) is 5.91 Å². The monoisotopic (exact) mass is 371 g/mol. The summed E-state index contributed by atoms with van der Waals surface area (Å²) in [6.45, 7) is 4.40. The molecule has 26 heavy (non-hydrogen) atoms. The van der Waals surface area contributed by atoms with Crippen LogP contribution in [0.25, 0.3) is 11.4 Å². The van der Waals surface area contributed by atoms with Crippen molar-refractivity contribution in [2.24, 2.45) is 0 Å². The number of anilines is 1. The van der Waals surface area contributed by atoms with Crippen LogP contribution >= 0.6 is 11.8 Å². The zero-order valence-corrected chi connectivity index (χ0v) is 15.7. The van der Waals surface area contributed by atoms with Crippen molar-refractivity contribution in [2.45, 2.75) is 49.8 Å². The molecule has 1 aromatic heterocycles. The number of nitrogens with one attached hydrogen (secondary N) is 1. The molecule has 0 atom stereocenters. The number of carbonyl (C=O) groups excluding carboxylic acids is 1. The van der Waals surface area contributed by atoms with Crippen LogP contribution in [0.3, 0.4) is 0 Å². The van der Waals surface area contributed by atoms with Gasteiger partial charge in [-0.3, -0.25) is 9.36 Å². The maximum absolute atomic E-state index is 12.2. The van der Waals surface area contributed by atoms with Crippen LogP contribution in [0, 0.1) is 0 Å². The molecule has 1 amide bonds. The summed E-state index contributed by atoms with van der Waals surface area (Å²) in [6, 6.07) is 7.85. The van der Waals surface area contributed by atoms with E-state index < -0.39 is 0 Å². The number of allylic oxidation sites excluding steroid dienone is 1. The fourth-order valence-corrected chi connectivity index (χ4v) is 3.94. The zero-order chi connectivity index (χ0) is 18.4. The van der Waals surface area contributed by atoms with Crippen molar-refractivity contribution in [3.05, 3.63) is 36.9 Å². The summed E-state index contributed by atoms with van der Waals surface area (Å²) < 4.78 is 1.97. The van der Waals surface area contributed by atoms with E-state index in [4.69, 9.17) is 5.73 Å². The first kappa shape index (κ1) is 18.5. The van der Waals surface area contributed by atoms with Crippen molar-refractivity contribution in [1.82, 2.24) is 20.1 Å². The maximum Gasteiger partial charge on any atom is 0.230 e. The summed E-state index contributed by atoms with van der Waals surface area (Å²) in [5.41, 5.74) is 7.40. The van der Waals surface area contributed by atoms with Crippen LogP contribution in [0.5, 0.6) is 0 Å². The van der Waals surface area contributed by atoms with Crippen LogP contribution in [0.2, 0.25) is 0 Å². The Morgan fingerprint density at radius 3 is 2.69 bits per heavy atom. The average molecular weight is 372 g/mol. The van der Waals surface area contributed by atoms with Gasteiger partial charge in [0.1, 0.15) is 0 Å². The molecule has 1 aromatic carbocycles. The molecule has 3 rings (SSSR count). The number of thioether (sulfide) groups is 1. The first-order valence-corrected chi connectivity index (χ1v) is 9.98. The van der Waals surface area contributed by atoms with Gasteiger partial charge in [0.25, 0.3) is 0 Å². The summed E-state index contributed by atoms with van der Waals surface area (Å²) in [5, 5.41) is 12.4. The molecular formula is C19H25N5OS. The van der Waals surface area contributed by atoms with E-state index in [9.17, 15) is 4.79 Å². The number of benzene rings is 1. The van der Waals surface area contributed by atoms with Crippen LogP contribution in [-0.2, 0) is 11.3 Å². The number of aromatic nitrogens is 3. The van der Waals surface area contributed by atoms with Crippen LogP contribution in [-0.4, -0.2) is 32.5 Å². The summed E-state index contributed by atoms with van der Waals surface area (Å²) in [6.07, 6.45) is 7.66. The Morgan fingerprint density at radius 2 is 2.00 bits per heavy atom. The van der Waals surface area contributed by atoms with E-state index in [0.29, 0.717) is 24.0 Å². The molecule has 3 N–H and O–H groups in total. The van der Waals surface area contributed by atoms with Gasteiger partial charge in [-0.15, -0.1) is 16.8 Å². The second kappa shape index (κ2) is 8.89. The molecule has 1 aliphatic carbocycles. The molecular weight excluding hydrogens is 346 g/mol. The quantitative estimate of drug-likeness (QED) is 0.443. The van der Waals surface area contributed by atoms with E-state index in [-0.39, 0.29) is 5.91 Å². The van der Waals surface area contributed by atoms with Crippen molar-refractivity contribution >= 4 is 23.4 Å². The molecule has 1 heterocycles. The smallest absolute Gasteiger partial charge is 0.230 e. The van der Waals surface area contributed by atoms with E-state index in [1.165, 1.54) is 31.0 Å². The fourth-order valence-electron chi connectivity index (χ4n) is 3.18. The van der Waals surface area contributed by atoms with Crippen molar-refractivity contribution in [3.8, 4) is 11.4 Å². The molecule has 0 bridgehead atoms. The Hall–Kier alpha value is -2.28. The van der Waals surface area contributed by atoms with Crippen molar-refractivity contribution in [2.75, 3.05) is 11.5 Å². The van der Waals surface area contributed by atoms with E-state index in [2.05, 4.69) is 22.1 Å². The molecule has 6 nitrogen and oxygen atoms in total. The van der Waals surface area contributed by atoms with Crippen molar-refractivity contribution in [3.63, 3.8) is 0 Å². The first-order valence-electron chi connectivity index (χ1n) is 8.99. The third kappa shape index (κ3) is 4.66. The Morgan fingerprint density at radius 1 is 1.27 bits per heavy atom. The standard InChI is InChI=1S/C19H25N5OS/c1-2-12-24-18(14-8-10-15(20)11-9-14)22-23-19(24)26-13-17(25)21-16-6-4-3-5-7-16/h2,8-11,16H,1,3-7,12-13,20H2,(H,21,25). The lowest BCUT2D eigenvalue weighted by molar-refractivity contribution is -0.119. The minimum Gasteiger partial charge on any atom is -0.399 e. The molecule has 0 radical (unpaired) electrons. The molecule has 0 aliphatic heterocycles. The summed E-state index contributed by atoms with van der Waals surface area (Å²) >= 11 is 1.41. The third-order valence-electron chi connectivity index (χ3n) is 4.50. The number of nitrogens with two attached hydrogens (primary N) is 1. The molecule has 1 aliphatic rings. The Kier molecular flexibility index (Phi) is 6.33. The lowest BCUT2D eigenvalue weighted by atomic mass is 9.95. The molecule has 7 heteroatoms. The molecule has 0 unspecified atom stereocenters. The lowest BCUT2D eigenvalue weighted by Crippen LogP contribution is -2.37. The molecule has 2 aromatic rings. The Labute approximate surface area is 158 Å². The summed E-state index contributed by atoms with van der Waals surface area (Å²) in [5.74, 6) is 1.15. The largest absolute Gasteiger partial charge is 0.399 e. The van der Waals surface area contributed by atoms with Crippen molar-refractivity contribution < 1.29 is 4.79 Å². The Bertz CT molecular complexity index is 750.